The van der Waals surface area contributed by atoms with Crippen molar-refractivity contribution in [1.82, 2.24) is 0 Å². The topological polar surface area (TPSA) is 40.5 Å². The van der Waals surface area contributed by atoms with E-state index in [1.807, 2.05) is 6.07 Å². The molecule has 1 aromatic rings. The van der Waals surface area contributed by atoms with Gasteiger partial charge in [0, 0.05) is 0 Å². The fraction of sp³-hybridized carbons (Fsp3) is 0.500. The number of hydrogen-bond donors (Lipinski definition) is 2. The summed E-state index contributed by atoms with van der Waals surface area (Å²) < 4.78 is 0. The van der Waals surface area contributed by atoms with Gasteiger partial charge in [0.1, 0.15) is 0 Å². The quantitative estimate of drug-likeness (QED) is 0.721. The Hall–Kier alpha value is -0.795. The van der Waals surface area contributed by atoms with Crippen LogP contribution >= 0.6 is 0 Å². The lowest BCUT2D eigenvalue weighted by molar-refractivity contribution is 0.425. The zero-order valence-corrected chi connectivity index (χ0v) is 8.69. The zero-order valence-electron chi connectivity index (χ0n) is 8.69. The molecule has 2 saturated carbocycles. The second-order valence-electron chi connectivity index (χ2n) is 4.81. The minimum atomic E-state index is -1.31. The maximum atomic E-state index is 9.28. The first-order valence-corrected chi connectivity index (χ1v) is 5.75. The summed E-state index contributed by atoms with van der Waals surface area (Å²) in [5.74, 6) is 1.33. The fourth-order valence-corrected chi connectivity index (χ4v) is 2.25. The molecule has 2 N–H and O–H groups in total. The van der Waals surface area contributed by atoms with Gasteiger partial charge >= 0.3 is 7.12 Å². The standard InChI is InChI=1S/C12H15BO2/c14-13(15)12-6-5-10(8-1-2-8)7-11(12)9-3-4-9/h5-9,14-15H,1-4H2. The maximum Gasteiger partial charge on any atom is 0.488 e. The first-order chi connectivity index (χ1) is 7.25. The fourth-order valence-electron chi connectivity index (χ4n) is 2.25. The molecule has 0 unspecified atom stereocenters. The van der Waals surface area contributed by atoms with Gasteiger partial charge in [-0.15, -0.1) is 0 Å². The van der Waals surface area contributed by atoms with E-state index in [0.29, 0.717) is 11.4 Å². The van der Waals surface area contributed by atoms with Crippen molar-refractivity contribution in [3.63, 3.8) is 0 Å². The molecule has 15 heavy (non-hydrogen) atoms. The van der Waals surface area contributed by atoms with Crippen molar-refractivity contribution in [1.29, 1.82) is 0 Å². The largest absolute Gasteiger partial charge is 0.488 e. The molecule has 1 aromatic carbocycles. The molecule has 0 atom stereocenters. The summed E-state index contributed by atoms with van der Waals surface area (Å²) in [4.78, 5) is 0. The SMILES string of the molecule is OB(O)c1ccc(C2CC2)cc1C1CC1. The summed E-state index contributed by atoms with van der Waals surface area (Å²) in [6.07, 6.45) is 5.00. The summed E-state index contributed by atoms with van der Waals surface area (Å²) in [5.41, 5.74) is 3.28. The molecule has 3 heteroatoms. The Morgan fingerprint density at radius 3 is 2.20 bits per heavy atom. The highest BCUT2D eigenvalue weighted by Crippen LogP contribution is 2.44. The molecule has 0 spiro atoms. The second-order valence-corrected chi connectivity index (χ2v) is 4.81. The highest BCUT2D eigenvalue weighted by Gasteiger charge is 2.31. The van der Waals surface area contributed by atoms with Gasteiger partial charge in [-0.2, -0.15) is 0 Å². The molecular weight excluding hydrogens is 187 g/mol. The van der Waals surface area contributed by atoms with Gasteiger partial charge in [-0.25, -0.2) is 0 Å². The van der Waals surface area contributed by atoms with Crippen LogP contribution in [0.4, 0.5) is 0 Å². The van der Waals surface area contributed by atoms with E-state index in [1.165, 1.54) is 36.8 Å². The third-order valence-corrected chi connectivity index (χ3v) is 3.45. The van der Waals surface area contributed by atoms with Crippen LogP contribution in [0.3, 0.4) is 0 Å². The van der Waals surface area contributed by atoms with Crippen molar-refractivity contribution in [2.75, 3.05) is 0 Å². The van der Waals surface area contributed by atoms with Crippen molar-refractivity contribution < 1.29 is 10.0 Å². The summed E-state index contributed by atoms with van der Waals surface area (Å²) in [5, 5.41) is 18.6. The molecule has 78 valence electrons. The van der Waals surface area contributed by atoms with Crippen molar-refractivity contribution in [2.24, 2.45) is 0 Å². The molecule has 0 heterocycles. The molecule has 0 amide bonds. The van der Waals surface area contributed by atoms with Gasteiger partial charge in [0.15, 0.2) is 0 Å². The van der Waals surface area contributed by atoms with Crippen LogP contribution in [0.1, 0.15) is 48.6 Å². The van der Waals surface area contributed by atoms with E-state index >= 15 is 0 Å². The molecule has 0 radical (unpaired) electrons. The van der Waals surface area contributed by atoms with Crippen LogP contribution in [-0.4, -0.2) is 17.2 Å². The minimum Gasteiger partial charge on any atom is -0.423 e. The van der Waals surface area contributed by atoms with Gasteiger partial charge in [-0.3, -0.25) is 0 Å². The van der Waals surface area contributed by atoms with Crippen LogP contribution in [0, 0.1) is 0 Å². The highest BCUT2D eigenvalue weighted by atomic mass is 16.4. The molecule has 2 nitrogen and oxygen atoms in total. The molecule has 2 fully saturated rings. The van der Waals surface area contributed by atoms with E-state index in [4.69, 9.17) is 0 Å². The Morgan fingerprint density at radius 2 is 1.67 bits per heavy atom. The molecule has 0 saturated heterocycles. The third-order valence-electron chi connectivity index (χ3n) is 3.45. The number of benzene rings is 1. The van der Waals surface area contributed by atoms with Crippen LogP contribution in [0.15, 0.2) is 18.2 Å². The summed E-state index contributed by atoms with van der Waals surface area (Å²) in [6.45, 7) is 0. The van der Waals surface area contributed by atoms with Gasteiger partial charge in [0.05, 0.1) is 0 Å². The molecule has 0 bridgehead atoms. The number of hydrogen-bond acceptors (Lipinski definition) is 2. The van der Waals surface area contributed by atoms with E-state index < -0.39 is 7.12 Å². The van der Waals surface area contributed by atoms with E-state index in [2.05, 4.69) is 12.1 Å². The Morgan fingerprint density at radius 1 is 1.00 bits per heavy atom. The average Bonchev–Trinajstić information content (AvgIpc) is 3.07. The summed E-state index contributed by atoms with van der Waals surface area (Å²) in [6, 6.07) is 6.15. The third kappa shape index (κ3) is 1.82. The first kappa shape index (κ1) is 9.43. The van der Waals surface area contributed by atoms with Crippen LogP contribution in [-0.2, 0) is 0 Å². The van der Waals surface area contributed by atoms with Gasteiger partial charge in [-0.05, 0) is 54.1 Å². The smallest absolute Gasteiger partial charge is 0.423 e. The van der Waals surface area contributed by atoms with Gasteiger partial charge in [0.25, 0.3) is 0 Å². The van der Waals surface area contributed by atoms with Gasteiger partial charge in [-0.1, -0.05) is 18.2 Å². The van der Waals surface area contributed by atoms with Crippen LogP contribution in [0.25, 0.3) is 0 Å². The van der Waals surface area contributed by atoms with E-state index in [0.717, 1.165) is 5.92 Å². The van der Waals surface area contributed by atoms with Crippen molar-refractivity contribution in [3.05, 3.63) is 29.3 Å². The minimum absolute atomic E-state index is 0.584. The van der Waals surface area contributed by atoms with Crippen LogP contribution in [0.2, 0.25) is 0 Å². The average molecular weight is 202 g/mol. The Kier molecular flexibility index (Phi) is 2.11. The lowest BCUT2D eigenvalue weighted by atomic mass is 9.75. The van der Waals surface area contributed by atoms with Crippen molar-refractivity contribution >= 4 is 12.6 Å². The normalized spacial score (nSPS) is 20.4. The summed E-state index contributed by atoms with van der Waals surface area (Å²) >= 11 is 0. The summed E-state index contributed by atoms with van der Waals surface area (Å²) in [7, 11) is -1.31. The maximum absolute atomic E-state index is 9.28. The monoisotopic (exact) mass is 202 g/mol. The lowest BCUT2D eigenvalue weighted by Gasteiger charge is -2.10. The Bertz CT molecular complexity index is 381. The molecule has 2 aliphatic rings. The van der Waals surface area contributed by atoms with E-state index in [9.17, 15) is 10.0 Å². The molecule has 0 aromatic heterocycles. The Balaban J connectivity index is 1.99. The first-order valence-electron chi connectivity index (χ1n) is 5.75. The number of rotatable bonds is 3. The van der Waals surface area contributed by atoms with Crippen LogP contribution in [0.5, 0.6) is 0 Å². The highest BCUT2D eigenvalue weighted by molar-refractivity contribution is 6.59. The van der Waals surface area contributed by atoms with Crippen molar-refractivity contribution in [2.45, 2.75) is 37.5 Å². The van der Waals surface area contributed by atoms with Crippen molar-refractivity contribution in [3.8, 4) is 0 Å². The predicted molar refractivity (Wildman–Crippen MR) is 60.2 cm³/mol. The van der Waals surface area contributed by atoms with Gasteiger partial charge in [0.2, 0.25) is 0 Å². The van der Waals surface area contributed by atoms with Crippen LogP contribution < -0.4 is 5.46 Å². The predicted octanol–water partition coefficient (Wildman–Crippen LogP) is 1.12. The Labute approximate surface area is 90.1 Å². The second kappa shape index (κ2) is 3.36. The lowest BCUT2D eigenvalue weighted by Crippen LogP contribution is -2.32. The molecule has 0 aliphatic heterocycles. The molecular formula is C12H15BO2. The molecule has 3 rings (SSSR count). The zero-order chi connectivity index (χ0) is 10.4. The van der Waals surface area contributed by atoms with E-state index in [-0.39, 0.29) is 0 Å². The molecule has 2 aliphatic carbocycles. The van der Waals surface area contributed by atoms with E-state index in [1.54, 1.807) is 0 Å². The van der Waals surface area contributed by atoms with Gasteiger partial charge < -0.3 is 10.0 Å².